The molecule has 0 N–H and O–H groups in total. The molecule has 0 fully saturated rings. The smallest absolute Gasteiger partial charge is 0.0878 e. The lowest BCUT2D eigenvalue weighted by Crippen LogP contribution is -1.99. The number of hydrogen-bond donors (Lipinski definition) is 0. The average molecular weight is 273 g/mol. The van der Waals surface area contributed by atoms with Gasteiger partial charge in [-0.3, -0.25) is 0 Å². The summed E-state index contributed by atoms with van der Waals surface area (Å²) in [4.78, 5) is 0. The van der Waals surface area contributed by atoms with Gasteiger partial charge in [-0.2, -0.15) is 0 Å². The molecular weight excluding hydrogens is 246 g/mol. The summed E-state index contributed by atoms with van der Waals surface area (Å²) in [5.74, 6) is 1.33. The molecule has 3 nitrogen and oxygen atoms in total. The highest BCUT2D eigenvalue weighted by Gasteiger charge is 2.07. The van der Waals surface area contributed by atoms with Crippen LogP contribution in [0.15, 0.2) is 36.1 Å². The van der Waals surface area contributed by atoms with Crippen LogP contribution in [0.4, 0.5) is 0 Å². The van der Waals surface area contributed by atoms with Crippen LogP contribution in [0.25, 0.3) is 5.57 Å². The summed E-state index contributed by atoms with van der Waals surface area (Å²) in [6.45, 7) is 15.2. The molecule has 1 heterocycles. The first kappa shape index (κ1) is 16.4. The predicted octanol–water partition coefficient (Wildman–Crippen LogP) is 4.40. The largest absolute Gasteiger partial charge is 0.248 e. The molecule has 1 aromatic heterocycles. The van der Waals surface area contributed by atoms with Crippen molar-refractivity contribution in [1.82, 2.24) is 15.0 Å². The Kier molecular flexibility index (Phi) is 5.93. The molecule has 3 heteroatoms. The summed E-state index contributed by atoms with van der Waals surface area (Å²) >= 11 is 0. The Labute approximate surface area is 123 Å². The highest BCUT2D eigenvalue weighted by molar-refractivity contribution is 5.74. The van der Waals surface area contributed by atoms with E-state index >= 15 is 0 Å². The second kappa shape index (κ2) is 7.22. The second-order valence-corrected chi connectivity index (χ2v) is 6.07. The molecule has 1 rings (SSSR count). The summed E-state index contributed by atoms with van der Waals surface area (Å²) in [7, 11) is 1.88. The lowest BCUT2D eigenvalue weighted by Gasteiger charge is -2.11. The van der Waals surface area contributed by atoms with Gasteiger partial charge in [0.25, 0.3) is 0 Å². The van der Waals surface area contributed by atoms with Crippen LogP contribution < -0.4 is 0 Å². The Hall–Kier alpha value is -1.64. The minimum Gasteiger partial charge on any atom is -0.248 e. The number of allylic oxidation sites excluding steroid dienone is 5. The number of nitrogens with zero attached hydrogens (tertiary/aromatic N) is 3. The van der Waals surface area contributed by atoms with Crippen molar-refractivity contribution in [3.8, 4) is 0 Å². The van der Waals surface area contributed by atoms with Gasteiger partial charge in [0.15, 0.2) is 0 Å². The highest BCUT2D eigenvalue weighted by Crippen LogP contribution is 2.21. The molecule has 1 atom stereocenters. The molecule has 0 saturated carbocycles. The Balaban J connectivity index is 2.80. The van der Waals surface area contributed by atoms with E-state index < -0.39 is 0 Å². The second-order valence-electron chi connectivity index (χ2n) is 6.07. The van der Waals surface area contributed by atoms with Gasteiger partial charge in [0.1, 0.15) is 0 Å². The Morgan fingerprint density at radius 1 is 1.35 bits per heavy atom. The van der Waals surface area contributed by atoms with Crippen LogP contribution in [0.1, 0.15) is 46.7 Å². The molecule has 0 aliphatic heterocycles. The zero-order chi connectivity index (χ0) is 15.3. The first-order chi connectivity index (χ1) is 9.31. The number of hydrogen-bond acceptors (Lipinski definition) is 2. The van der Waals surface area contributed by atoms with E-state index in [0.717, 1.165) is 22.8 Å². The number of aromatic nitrogens is 3. The maximum Gasteiger partial charge on any atom is 0.0878 e. The van der Waals surface area contributed by atoms with E-state index in [1.54, 1.807) is 10.9 Å². The van der Waals surface area contributed by atoms with Crippen molar-refractivity contribution in [2.75, 3.05) is 0 Å². The monoisotopic (exact) mass is 273 g/mol. The lowest BCUT2D eigenvalue weighted by atomic mass is 9.96. The molecule has 20 heavy (non-hydrogen) atoms. The molecule has 110 valence electrons. The maximum absolute atomic E-state index is 4.14. The molecular formula is C17H27N3. The molecule has 0 aromatic carbocycles. The Bertz CT molecular complexity index is 518. The molecule has 0 saturated heterocycles. The van der Waals surface area contributed by atoms with Crippen molar-refractivity contribution >= 4 is 5.57 Å². The summed E-state index contributed by atoms with van der Waals surface area (Å²) in [6.07, 6.45) is 7.49. The molecule has 0 bridgehead atoms. The van der Waals surface area contributed by atoms with Crippen molar-refractivity contribution in [2.24, 2.45) is 18.9 Å². The third kappa shape index (κ3) is 4.80. The molecule has 0 spiro atoms. The van der Waals surface area contributed by atoms with Crippen molar-refractivity contribution < 1.29 is 0 Å². The van der Waals surface area contributed by atoms with E-state index in [0.29, 0.717) is 5.92 Å². The van der Waals surface area contributed by atoms with E-state index in [1.165, 1.54) is 12.0 Å². The first-order valence-electron chi connectivity index (χ1n) is 7.22. The van der Waals surface area contributed by atoms with Crippen LogP contribution >= 0.6 is 0 Å². The van der Waals surface area contributed by atoms with Crippen molar-refractivity contribution in [3.05, 3.63) is 41.8 Å². The SMILES string of the molecule is C=C(C(C)=CC(C)=CC(C)CC(C)C)c1cnnn1C. The van der Waals surface area contributed by atoms with Gasteiger partial charge >= 0.3 is 0 Å². The van der Waals surface area contributed by atoms with Crippen LogP contribution in [0.3, 0.4) is 0 Å². The maximum atomic E-state index is 4.14. The van der Waals surface area contributed by atoms with Crippen LogP contribution in [-0.4, -0.2) is 15.0 Å². The fourth-order valence-electron chi connectivity index (χ4n) is 2.50. The topological polar surface area (TPSA) is 30.7 Å². The van der Waals surface area contributed by atoms with E-state index in [2.05, 4.69) is 63.7 Å². The first-order valence-corrected chi connectivity index (χ1v) is 7.22. The van der Waals surface area contributed by atoms with Crippen molar-refractivity contribution in [2.45, 2.75) is 41.0 Å². The lowest BCUT2D eigenvalue weighted by molar-refractivity contribution is 0.502. The van der Waals surface area contributed by atoms with Gasteiger partial charge in [-0.05, 0) is 43.3 Å². The molecule has 0 aliphatic carbocycles. The third-order valence-electron chi connectivity index (χ3n) is 3.33. The van der Waals surface area contributed by atoms with Gasteiger partial charge in [-0.15, -0.1) is 5.10 Å². The predicted molar refractivity (Wildman–Crippen MR) is 86.2 cm³/mol. The third-order valence-corrected chi connectivity index (χ3v) is 3.33. The molecule has 1 unspecified atom stereocenters. The van der Waals surface area contributed by atoms with Crippen LogP contribution in [0.5, 0.6) is 0 Å². The quantitative estimate of drug-likeness (QED) is 0.719. The zero-order valence-corrected chi connectivity index (χ0v) is 13.6. The van der Waals surface area contributed by atoms with Gasteiger partial charge in [-0.1, -0.05) is 50.3 Å². The van der Waals surface area contributed by atoms with E-state index in [1.807, 2.05) is 7.05 Å². The minimum atomic E-state index is 0.602. The van der Waals surface area contributed by atoms with E-state index in [-0.39, 0.29) is 0 Å². The number of aryl methyl sites for hydroxylation is 1. The van der Waals surface area contributed by atoms with Gasteiger partial charge in [0.2, 0.25) is 0 Å². The van der Waals surface area contributed by atoms with E-state index in [4.69, 9.17) is 0 Å². The summed E-state index contributed by atoms with van der Waals surface area (Å²) in [6, 6.07) is 0. The number of rotatable bonds is 6. The molecule has 1 aromatic rings. The summed E-state index contributed by atoms with van der Waals surface area (Å²) in [5.41, 5.74) is 4.37. The minimum absolute atomic E-state index is 0.602. The zero-order valence-electron chi connectivity index (χ0n) is 13.6. The van der Waals surface area contributed by atoms with Crippen LogP contribution in [0, 0.1) is 11.8 Å². The fraction of sp³-hybridized carbons (Fsp3) is 0.529. The average Bonchev–Trinajstić information content (AvgIpc) is 2.72. The molecule has 0 radical (unpaired) electrons. The summed E-state index contributed by atoms with van der Waals surface area (Å²) < 4.78 is 1.75. The Morgan fingerprint density at radius 3 is 2.50 bits per heavy atom. The fourth-order valence-corrected chi connectivity index (χ4v) is 2.50. The summed E-state index contributed by atoms with van der Waals surface area (Å²) in [5, 5.41) is 7.84. The van der Waals surface area contributed by atoms with Crippen LogP contribution in [0.2, 0.25) is 0 Å². The van der Waals surface area contributed by atoms with Gasteiger partial charge in [0.05, 0.1) is 11.9 Å². The molecule has 0 aliphatic rings. The highest BCUT2D eigenvalue weighted by atomic mass is 15.4. The normalized spacial score (nSPS) is 14.8. The van der Waals surface area contributed by atoms with Gasteiger partial charge < -0.3 is 0 Å². The van der Waals surface area contributed by atoms with E-state index in [9.17, 15) is 0 Å². The standard InChI is InChI=1S/C17H27N3/c1-12(2)8-13(3)9-14(4)10-15(5)16(6)17-11-18-19-20(17)7/h9-13H,6,8H2,1-5,7H3. The van der Waals surface area contributed by atoms with Gasteiger partial charge in [-0.25, -0.2) is 4.68 Å². The van der Waals surface area contributed by atoms with Crippen molar-refractivity contribution in [3.63, 3.8) is 0 Å². The van der Waals surface area contributed by atoms with Gasteiger partial charge in [0, 0.05) is 7.05 Å². The van der Waals surface area contributed by atoms with Crippen molar-refractivity contribution in [1.29, 1.82) is 0 Å². The van der Waals surface area contributed by atoms with Crippen LogP contribution in [-0.2, 0) is 7.05 Å². The Morgan fingerprint density at radius 2 is 2.00 bits per heavy atom. The molecule has 0 amide bonds.